The van der Waals surface area contributed by atoms with Gasteiger partial charge in [-0.3, -0.25) is 4.79 Å². The van der Waals surface area contributed by atoms with Crippen LogP contribution in [0.1, 0.15) is 47.0 Å². The first-order valence-corrected chi connectivity index (χ1v) is 8.58. The highest BCUT2D eigenvalue weighted by atomic mass is 32.2. The molecule has 2 atom stereocenters. The Labute approximate surface area is 121 Å². The van der Waals surface area contributed by atoms with Gasteiger partial charge in [0.1, 0.15) is 0 Å². The van der Waals surface area contributed by atoms with E-state index in [1.54, 1.807) is 0 Å². The van der Waals surface area contributed by atoms with E-state index in [-0.39, 0.29) is 5.41 Å². The predicted molar refractivity (Wildman–Crippen MR) is 82.5 cm³/mol. The molecule has 4 heteroatoms. The Morgan fingerprint density at radius 1 is 1.21 bits per heavy atom. The zero-order valence-electron chi connectivity index (χ0n) is 12.7. The second kappa shape index (κ2) is 6.04. The first kappa shape index (κ1) is 15.2. The average Bonchev–Trinajstić information content (AvgIpc) is 2.74. The Kier molecular flexibility index (Phi) is 4.83. The van der Waals surface area contributed by atoms with Crippen LogP contribution in [0.2, 0.25) is 0 Å². The van der Waals surface area contributed by atoms with Crippen molar-refractivity contribution in [2.75, 3.05) is 18.8 Å². The minimum atomic E-state index is -0.238. The number of amides is 1. The van der Waals surface area contributed by atoms with Gasteiger partial charge in [0.25, 0.3) is 0 Å². The van der Waals surface area contributed by atoms with Crippen molar-refractivity contribution in [1.82, 2.24) is 10.2 Å². The third-order valence-corrected chi connectivity index (χ3v) is 5.45. The fraction of sp³-hybridized carbons (Fsp3) is 0.933. The van der Waals surface area contributed by atoms with E-state index < -0.39 is 0 Å². The Morgan fingerprint density at radius 3 is 2.32 bits per heavy atom. The number of carbonyl (C=O) groups excluding carboxylic acids is 1. The smallest absolute Gasteiger partial charge is 0.227 e. The van der Waals surface area contributed by atoms with Gasteiger partial charge in [-0.2, -0.15) is 11.8 Å². The van der Waals surface area contributed by atoms with Crippen molar-refractivity contribution < 1.29 is 4.79 Å². The number of hydrogen-bond donors (Lipinski definition) is 1. The van der Waals surface area contributed by atoms with Gasteiger partial charge in [-0.1, -0.05) is 27.7 Å². The lowest BCUT2D eigenvalue weighted by Gasteiger charge is -2.37. The Bertz CT molecular complexity index is 319. The van der Waals surface area contributed by atoms with Crippen LogP contribution in [0, 0.1) is 5.41 Å². The van der Waals surface area contributed by atoms with Crippen molar-refractivity contribution in [3.8, 4) is 0 Å². The predicted octanol–water partition coefficient (Wildman–Crippen LogP) is 2.51. The highest BCUT2D eigenvalue weighted by Crippen LogP contribution is 2.27. The standard InChI is InChI=1S/C15H28N2OS/c1-11-9-13(10-19-11)16-12-5-7-17(8-6-12)14(18)15(2,3)4/h11-13,16H,5-10H2,1-4H3. The molecular weight excluding hydrogens is 256 g/mol. The van der Waals surface area contributed by atoms with E-state index in [2.05, 4.69) is 24.0 Å². The first-order valence-electron chi connectivity index (χ1n) is 7.53. The maximum Gasteiger partial charge on any atom is 0.227 e. The molecule has 110 valence electrons. The summed E-state index contributed by atoms with van der Waals surface area (Å²) in [7, 11) is 0. The van der Waals surface area contributed by atoms with Gasteiger partial charge in [-0.05, 0) is 19.3 Å². The maximum atomic E-state index is 12.2. The van der Waals surface area contributed by atoms with Crippen molar-refractivity contribution in [2.24, 2.45) is 5.41 Å². The van der Waals surface area contributed by atoms with Crippen molar-refractivity contribution in [3.63, 3.8) is 0 Å². The van der Waals surface area contributed by atoms with Gasteiger partial charge in [0.2, 0.25) is 5.91 Å². The molecule has 2 heterocycles. The average molecular weight is 284 g/mol. The van der Waals surface area contributed by atoms with Gasteiger partial charge in [0.05, 0.1) is 0 Å². The molecule has 0 aliphatic carbocycles. The number of rotatable bonds is 2. The van der Waals surface area contributed by atoms with Crippen molar-refractivity contribution in [1.29, 1.82) is 0 Å². The van der Waals surface area contributed by atoms with E-state index in [1.165, 1.54) is 12.2 Å². The molecule has 2 aliphatic rings. The summed E-state index contributed by atoms with van der Waals surface area (Å²) < 4.78 is 0. The number of hydrogen-bond acceptors (Lipinski definition) is 3. The molecule has 0 spiro atoms. The summed E-state index contributed by atoms with van der Waals surface area (Å²) >= 11 is 2.08. The molecule has 0 radical (unpaired) electrons. The number of thioether (sulfide) groups is 1. The van der Waals surface area contributed by atoms with E-state index in [9.17, 15) is 4.79 Å². The molecule has 0 bridgehead atoms. The summed E-state index contributed by atoms with van der Waals surface area (Å²) in [6.07, 6.45) is 3.51. The van der Waals surface area contributed by atoms with Crippen LogP contribution in [0.4, 0.5) is 0 Å². The second-order valence-corrected chi connectivity index (χ2v) is 8.53. The summed E-state index contributed by atoms with van der Waals surface area (Å²) in [5, 5.41) is 4.59. The number of piperidine rings is 1. The van der Waals surface area contributed by atoms with Crippen molar-refractivity contribution >= 4 is 17.7 Å². The van der Waals surface area contributed by atoms with Crippen LogP contribution in [-0.4, -0.2) is 47.0 Å². The molecule has 0 saturated carbocycles. The van der Waals surface area contributed by atoms with E-state index in [0.29, 0.717) is 18.0 Å². The van der Waals surface area contributed by atoms with Gasteiger partial charge in [-0.25, -0.2) is 0 Å². The monoisotopic (exact) mass is 284 g/mol. The minimum Gasteiger partial charge on any atom is -0.342 e. The molecule has 0 aromatic heterocycles. The second-order valence-electron chi connectivity index (χ2n) is 7.06. The lowest BCUT2D eigenvalue weighted by atomic mass is 9.93. The van der Waals surface area contributed by atoms with Crippen LogP contribution in [0.25, 0.3) is 0 Å². The molecule has 2 fully saturated rings. The SMILES string of the molecule is CC1CC(NC2CCN(C(=O)C(C)(C)C)CC2)CS1. The molecule has 2 unspecified atom stereocenters. The number of carbonyl (C=O) groups is 1. The van der Waals surface area contributed by atoms with Crippen LogP contribution < -0.4 is 5.32 Å². The summed E-state index contributed by atoms with van der Waals surface area (Å²) in [6.45, 7) is 10.2. The molecule has 0 aromatic carbocycles. The van der Waals surface area contributed by atoms with Crippen LogP contribution in [0.3, 0.4) is 0 Å². The van der Waals surface area contributed by atoms with E-state index in [0.717, 1.165) is 31.2 Å². The lowest BCUT2D eigenvalue weighted by Crippen LogP contribution is -2.50. The van der Waals surface area contributed by atoms with Gasteiger partial charge in [0, 0.05) is 41.6 Å². The summed E-state index contributed by atoms with van der Waals surface area (Å²) in [5.74, 6) is 1.55. The number of nitrogens with zero attached hydrogens (tertiary/aromatic N) is 1. The summed E-state index contributed by atoms with van der Waals surface area (Å²) in [5.41, 5.74) is -0.238. The van der Waals surface area contributed by atoms with Gasteiger partial charge < -0.3 is 10.2 Å². The quantitative estimate of drug-likeness (QED) is 0.845. The fourth-order valence-electron chi connectivity index (χ4n) is 2.99. The van der Waals surface area contributed by atoms with Gasteiger partial charge in [-0.15, -0.1) is 0 Å². The largest absolute Gasteiger partial charge is 0.342 e. The molecule has 0 aromatic rings. The molecule has 1 amide bonds. The van der Waals surface area contributed by atoms with E-state index in [1.807, 2.05) is 25.7 Å². The number of likely N-dealkylation sites (tertiary alicyclic amines) is 1. The zero-order chi connectivity index (χ0) is 14.0. The first-order chi connectivity index (χ1) is 8.86. The van der Waals surface area contributed by atoms with Crippen LogP contribution in [0.15, 0.2) is 0 Å². The van der Waals surface area contributed by atoms with Gasteiger partial charge >= 0.3 is 0 Å². The molecular formula is C15H28N2OS. The molecule has 2 aliphatic heterocycles. The zero-order valence-corrected chi connectivity index (χ0v) is 13.6. The van der Waals surface area contributed by atoms with E-state index >= 15 is 0 Å². The fourth-order valence-corrected chi connectivity index (χ4v) is 4.15. The molecule has 2 rings (SSSR count). The Morgan fingerprint density at radius 2 is 1.84 bits per heavy atom. The molecule has 2 saturated heterocycles. The van der Waals surface area contributed by atoms with Crippen LogP contribution in [0.5, 0.6) is 0 Å². The summed E-state index contributed by atoms with van der Waals surface area (Å²) in [4.78, 5) is 14.3. The summed E-state index contributed by atoms with van der Waals surface area (Å²) in [6, 6.07) is 1.30. The maximum absolute atomic E-state index is 12.2. The third-order valence-electron chi connectivity index (χ3n) is 4.09. The highest BCUT2D eigenvalue weighted by Gasteiger charge is 2.31. The van der Waals surface area contributed by atoms with E-state index in [4.69, 9.17) is 0 Å². The minimum absolute atomic E-state index is 0.238. The Balaban J connectivity index is 1.75. The third kappa shape index (κ3) is 4.12. The lowest BCUT2D eigenvalue weighted by molar-refractivity contribution is -0.140. The van der Waals surface area contributed by atoms with Crippen LogP contribution in [-0.2, 0) is 4.79 Å². The normalized spacial score (nSPS) is 29.8. The van der Waals surface area contributed by atoms with Crippen molar-refractivity contribution in [3.05, 3.63) is 0 Å². The highest BCUT2D eigenvalue weighted by molar-refractivity contribution is 8.00. The number of nitrogens with one attached hydrogen (secondary N) is 1. The topological polar surface area (TPSA) is 32.3 Å². The van der Waals surface area contributed by atoms with Crippen molar-refractivity contribution in [2.45, 2.75) is 64.3 Å². The Hall–Kier alpha value is -0.220. The molecule has 3 nitrogen and oxygen atoms in total. The van der Waals surface area contributed by atoms with Gasteiger partial charge in [0.15, 0.2) is 0 Å². The van der Waals surface area contributed by atoms with Crippen LogP contribution >= 0.6 is 11.8 Å². The molecule has 19 heavy (non-hydrogen) atoms. The molecule has 1 N–H and O–H groups in total.